The normalized spacial score (nSPS) is 29.5. The summed E-state index contributed by atoms with van der Waals surface area (Å²) < 4.78 is 5.72. The minimum absolute atomic E-state index is 0.00931. The number of anilines is 1. The van der Waals surface area contributed by atoms with Crippen LogP contribution in [0.4, 0.5) is 5.69 Å². The largest absolute Gasteiger partial charge is 0.385 e. The molecule has 0 aromatic heterocycles. The number of nitrogens with one attached hydrogen (secondary N) is 1. The van der Waals surface area contributed by atoms with Crippen LogP contribution in [0, 0.1) is 0 Å². The predicted molar refractivity (Wildman–Crippen MR) is 78.9 cm³/mol. The molecule has 1 amide bonds. The molecule has 0 aliphatic carbocycles. The number of carbonyl (C=O) groups excluding carboxylic acids is 1. The highest BCUT2D eigenvalue weighted by molar-refractivity contribution is 5.86. The first kappa shape index (κ1) is 13.4. The van der Waals surface area contributed by atoms with Gasteiger partial charge < -0.3 is 15.0 Å². The maximum atomic E-state index is 12.8. The van der Waals surface area contributed by atoms with Gasteiger partial charge in [-0.2, -0.15) is 0 Å². The van der Waals surface area contributed by atoms with Crippen LogP contribution in [0.3, 0.4) is 0 Å². The third kappa shape index (κ3) is 2.52. The molecule has 0 bridgehead atoms. The van der Waals surface area contributed by atoms with Crippen molar-refractivity contribution in [3.63, 3.8) is 0 Å². The maximum absolute atomic E-state index is 12.8. The average molecular weight is 274 g/mol. The van der Waals surface area contributed by atoms with E-state index in [0.717, 1.165) is 24.2 Å². The molecule has 1 aromatic rings. The minimum atomic E-state index is -0.00931. The first-order valence-electron chi connectivity index (χ1n) is 7.42. The van der Waals surface area contributed by atoms with Gasteiger partial charge in [-0.25, -0.2) is 0 Å². The van der Waals surface area contributed by atoms with Crippen LogP contribution in [0.1, 0.15) is 31.7 Å². The van der Waals surface area contributed by atoms with Crippen LogP contribution in [0.5, 0.6) is 0 Å². The number of amides is 1. The quantitative estimate of drug-likeness (QED) is 0.854. The second-order valence-electron chi connectivity index (χ2n) is 5.86. The van der Waals surface area contributed by atoms with E-state index >= 15 is 0 Å². The number of carbonyl (C=O) groups is 1. The Balaban J connectivity index is 1.81. The number of para-hydroxylation sites is 1. The van der Waals surface area contributed by atoms with Gasteiger partial charge in [-0.15, -0.1) is 0 Å². The van der Waals surface area contributed by atoms with E-state index in [1.54, 1.807) is 0 Å². The van der Waals surface area contributed by atoms with Gasteiger partial charge in [0, 0.05) is 25.3 Å². The summed E-state index contributed by atoms with van der Waals surface area (Å²) in [4.78, 5) is 14.8. The summed E-state index contributed by atoms with van der Waals surface area (Å²) in [5.74, 6) is 0.242. The van der Waals surface area contributed by atoms with Gasteiger partial charge in [0.15, 0.2) is 0 Å². The van der Waals surface area contributed by atoms with E-state index < -0.39 is 0 Å². The number of nitrogens with zero attached hydrogens (tertiary/aromatic N) is 1. The van der Waals surface area contributed by atoms with Crippen LogP contribution in [0.15, 0.2) is 24.3 Å². The summed E-state index contributed by atoms with van der Waals surface area (Å²) in [5, 5.41) is 3.37. The predicted octanol–water partition coefficient (Wildman–Crippen LogP) is 2.22. The summed E-state index contributed by atoms with van der Waals surface area (Å²) in [6.45, 7) is 6.34. The highest BCUT2D eigenvalue weighted by Gasteiger charge is 2.33. The van der Waals surface area contributed by atoms with Crippen molar-refractivity contribution >= 4 is 11.6 Å². The number of ether oxygens (including phenoxy) is 1. The van der Waals surface area contributed by atoms with Crippen molar-refractivity contribution in [1.29, 1.82) is 0 Å². The average Bonchev–Trinajstić information content (AvgIpc) is 2.45. The molecule has 1 saturated heterocycles. The SMILES string of the molecule is C[C@@H]1CN(C(=O)C2CCNc3ccccc32)C[C@H](C)O1. The van der Waals surface area contributed by atoms with Gasteiger partial charge in [0.25, 0.3) is 0 Å². The molecule has 1 aromatic carbocycles. The molecule has 1 N–H and O–H groups in total. The van der Waals surface area contributed by atoms with Crippen LogP contribution in [0.2, 0.25) is 0 Å². The highest BCUT2D eigenvalue weighted by Crippen LogP contribution is 2.33. The van der Waals surface area contributed by atoms with Crippen LogP contribution < -0.4 is 5.32 Å². The van der Waals surface area contributed by atoms with E-state index in [-0.39, 0.29) is 24.0 Å². The molecule has 20 heavy (non-hydrogen) atoms. The Morgan fingerprint density at radius 3 is 2.70 bits per heavy atom. The van der Waals surface area contributed by atoms with E-state index in [4.69, 9.17) is 4.74 Å². The Labute approximate surface area is 120 Å². The highest BCUT2D eigenvalue weighted by atomic mass is 16.5. The molecule has 4 heteroatoms. The summed E-state index contributed by atoms with van der Waals surface area (Å²) in [6.07, 6.45) is 1.12. The molecule has 108 valence electrons. The molecule has 3 atom stereocenters. The molecular weight excluding hydrogens is 252 g/mol. The molecule has 4 nitrogen and oxygen atoms in total. The number of hydrogen-bond donors (Lipinski definition) is 1. The first-order chi connectivity index (χ1) is 9.65. The lowest BCUT2D eigenvalue weighted by Gasteiger charge is -2.38. The number of morpholine rings is 1. The van der Waals surface area contributed by atoms with Crippen LogP contribution in [-0.2, 0) is 9.53 Å². The van der Waals surface area contributed by atoms with E-state index in [9.17, 15) is 4.79 Å². The molecular formula is C16H22N2O2. The fourth-order valence-corrected chi connectivity index (χ4v) is 3.30. The van der Waals surface area contributed by atoms with E-state index in [1.807, 2.05) is 30.9 Å². The maximum Gasteiger partial charge on any atom is 0.230 e. The Kier molecular flexibility index (Phi) is 3.66. The van der Waals surface area contributed by atoms with Crippen molar-refractivity contribution in [2.75, 3.05) is 25.0 Å². The van der Waals surface area contributed by atoms with E-state index in [2.05, 4.69) is 17.4 Å². The topological polar surface area (TPSA) is 41.6 Å². The van der Waals surface area contributed by atoms with Gasteiger partial charge in [0.1, 0.15) is 0 Å². The van der Waals surface area contributed by atoms with Crippen molar-refractivity contribution < 1.29 is 9.53 Å². The molecule has 1 fully saturated rings. The standard InChI is InChI=1S/C16H22N2O2/c1-11-9-18(10-12(2)20-11)16(19)14-7-8-17-15-6-4-3-5-13(14)15/h3-6,11-12,14,17H,7-10H2,1-2H3/t11-,12+,14?. The van der Waals surface area contributed by atoms with E-state index in [1.165, 1.54) is 0 Å². The lowest BCUT2D eigenvalue weighted by molar-refractivity contribution is -0.144. The molecule has 3 rings (SSSR count). The molecule has 2 aliphatic heterocycles. The minimum Gasteiger partial charge on any atom is -0.385 e. The summed E-state index contributed by atoms with van der Waals surface area (Å²) in [7, 11) is 0. The van der Waals surface area contributed by atoms with Gasteiger partial charge in [-0.3, -0.25) is 4.79 Å². The van der Waals surface area contributed by atoms with Gasteiger partial charge in [0.05, 0.1) is 18.1 Å². The number of fused-ring (bicyclic) bond motifs is 1. The van der Waals surface area contributed by atoms with Gasteiger partial charge >= 0.3 is 0 Å². The number of hydrogen-bond acceptors (Lipinski definition) is 3. The third-order valence-corrected chi connectivity index (χ3v) is 4.11. The number of rotatable bonds is 1. The molecule has 0 saturated carbocycles. The first-order valence-corrected chi connectivity index (χ1v) is 7.42. The summed E-state index contributed by atoms with van der Waals surface area (Å²) in [6, 6.07) is 8.14. The van der Waals surface area contributed by atoms with Gasteiger partial charge in [-0.1, -0.05) is 18.2 Å². The monoisotopic (exact) mass is 274 g/mol. The van der Waals surface area contributed by atoms with Crippen molar-refractivity contribution in [1.82, 2.24) is 4.90 Å². The lowest BCUT2D eigenvalue weighted by atomic mass is 9.89. The lowest BCUT2D eigenvalue weighted by Crippen LogP contribution is -2.50. The van der Waals surface area contributed by atoms with Gasteiger partial charge in [-0.05, 0) is 31.9 Å². The number of benzene rings is 1. The smallest absolute Gasteiger partial charge is 0.230 e. The second kappa shape index (κ2) is 5.44. The molecule has 0 spiro atoms. The van der Waals surface area contributed by atoms with E-state index in [0.29, 0.717) is 13.1 Å². The Hall–Kier alpha value is -1.55. The Morgan fingerprint density at radius 1 is 1.25 bits per heavy atom. The van der Waals surface area contributed by atoms with Crippen molar-refractivity contribution in [3.05, 3.63) is 29.8 Å². The zero-order valence-corrected chi connectivity index (χ0v) is 12.1. The Morgan fingerprint density at radius 2 is 1.95 bits per heavy atom. The third-order valence-electron chi connectivity index (χ3n) is 4.11. The fraction of sp³-hybridized carbons (Fsp3) is 0.562. The summed E-state index contributed by atoms with van der Waals surface area (Å²) >= 11 is 0. The zero-order chi connectivity index (χ0) is 14.1. The van der Waals surface area contributed by atoms with Crippen molar-refractivity contribution in [2.24, 2.45) is 0 Å². The van der Waals surface area contributed by atoms with Crippen molar-refractivity contribution in [3.8, 4) is 0 Å². The van der Waals surface area contributed by atoms with Crippen molar-refractivity contribution in [2.45, 2.75) is 38.4 Å². The summed E-state index contributed by atoms with van der Waals surface area (Å²) in [5.41, 5.74) is 2.24. The zero-order valence-electron chi connectivity index (χ0n) is 12.1. The van der Waals surface area contributed by atoms with Gasteiger partial charge in [0.2, 0.25) is 5.91 Å². The van der Waals surface area contributed by atoms with Crippen LogP contribution in [0.25, 0.3) is 0 Å². The van der Waals surface area contributed by atoms with Crippen LogP contribution in [-0.4, -0.2) is 42.6 Å². The Bertz CT molecular complexity index is 493. The molecule has 2 heterocycles. The molecule has 2 aliphatic rings. The molecule has 1 unspecified atom stereocenters. The second-order valence-corrected chi connectivity index (χ2v) is 5.86. The molecule has 0 radical (unpaired) electrons. The fourth-order valence-electron chi connectivity index (χ4n) is 3.30. The van der Waals surface area contributed by atoms with Crippen LogP contribution >= 0.6 is 0 Å².